The van der Waals surface area contributed by atoms with Crippen molar-refractivity contribution in [3.05, 3.63) is 34.6 Å². The highest BCUT2D eigenvalue weighted by Crippen LogP contribution is 2.15. The fraction of sp³-hybridized carbons (Fsp3) is 0.364. The zero-order valence-corrected chi connectivity index (χ0v) is 9.72. The fourth-order valence-corrected chi connectivity index (χ4v) is 1.36. The maximum atomic E-state index is 12.8. The lowest BCUT2D eigenvalue weighted by Crippen LogP contribution is -2.39. The van der Waals surface area contributed by atoms with E-state index in [1.807, 2.05) is 6.92 Å². The molecular weight excluding hydrogens is 231 g/mol. The van der Waals surface area contributed by atoms with Crippen LogP contribution in [0.3, 0.4) is 0 Å². The SMILES string of the molecule is CC[C@@H](N)C(=O)NCc1ccc(F)c(Cl)c1. The fourth-order valence-electron chi connectivity index (χ4n) is 1.16. The van der Waals surface area contributed by atoms with Crippen molar-refractivity contribution in [2.45, 2.75) is 25.9 Å². The molecule has 1 atom stereocenters. The largest absolute Gasteiger partial charge is 0.351 e. The van der Waals surface area contributed by atoms with Gasteiger partial charge in [-0.3, -0.25) is 4.79 Å². The molecule has 88 valence electrons. The van der Waals surface area contributed by atoms with Crippen molar-refractivity contribution in [2.75, 3.05) is 0 Å². The number of nitrogens with one attached hydrogen (secondary N) is 1. The molecule has 0 aliphatic carbocycles. The lowest BCUT2D eigenvalue weighted by Gasteiger charge is -2.10. The second kappa shape index (κ2) is 5.82. The number of benzene rings is 1. The van der Waals surface area contributed by atoms with Crippen LogP contribution >= 0.6 is 11.6 Å². The number of amides is 1. The average Bonchev–Trinajstić information content (AvgIpc) is 2.29. The lowest BCUT2D eigenvalue weighted by atomic mass is 10.2. The van der Waals surface area contributed by atoms with Gasteiger partial charge in [-0.25, -0.2) is 4.39 Å². The van der Waals surface area contributed by atoms with E-state index in [-0.39, 0.29) is 10.9 Å². The van der Waals surface area contributed by atoms with Gasteiger partial charge in [-0.15, -0.1) is 0 Å². The molecule has 1 amide bonds. The molecule has 3 nitrogen and oxygen atoms in total. The molecule has 1 aromatic rings. The molecule has 1 rings (SSSR count). The molecule has 0 aromatic heterocycles. The minimum Gasteiger partial charge on any atom is -0.351 e. The van der Waals surface area contributed by atoms with Gasteiger partial charge >= 0.3 is 0 Å². The molecule has 0 aliphatic heterocycles. The van der Waals surface area contributed by atoms with E-state index >= 15 is 0 Å². The van der Waals surface area contributed by atoms with Gasteiger partial charge in [0.15, 0.2) is 0 Å². The number of rotatable bonds is 4. The third-order valence-electron chi connectivity index (χ3n) is 2.23. The van der Waals surface area contributed by atoms with Gasteiger partial charge in [-0.05, 0) is 24.1 Å². The number of hydrogen-bond donors (Lipinski definition) is 2. The molecule has 0 heterocycles. The number of nitrogens with two attached hydrogens (primary N) is 1. The molecule has 1 aromatic carbocycles. The first kappa shape index (κ1) is 12.9. The molecule has 0 saturated carbocycles. The number of carbonyl (C=O) groups excluding carboxylic acids is 1. The van der Waals surface area contributed by atoms with Crippen LogP contribution in [0.15, 0.2) is 18.2 Å². The van der Waals surface area contributed by atoms with Crippen molar-refractivity contribution in [3.63, 3.8) is 0 Å². The number of hydrogen-bond acceptors (Lipinski definition) is 2. The van der Waals surface area contributed by atoms with E-state index in [0.29, 0.717) is 13.0 Å². The van der Waals surface area contributed by atoms with Crippen LogP contribution in [0.2, 0.25) is 5.02 Å². The van der Waals surface area contributed by atoms with Crippen LogP contribution in [0.4, 0.5) is 4.39 Å². The minimum atomic E-state index is -0.504. The first-order valence-corrected chi connectivity index (χ1v) is 5.39. The van der Waals surface area contributed by atoms with Crippen LogP contribution in [0.25, 0.3) is 0 Å². The molecule has 3 N–H and O–H groups in total. The Kier molecular flexibility index (Phi) is 4.71. The van der Waals surface area contributed by atoms with Crippen LogP contribution in [-0.2, 0) is 11.3 Å². The molecule has 0 aliphatic rings. The van der Waals surface area contributed by atoms with Crippen molar-refractivity contribution in [1.82, 2.24) is 5.32 Å². The number of halogens is 2. The van der Waals surface area contributed by atoms with Gasteiger partial charge in [0.05, 0.1) is 11.1 Å². The van der Waals surface area contributed by atoms with Crippen LogP contribution in [-0.4, -0.2) is 11.9 Å². The Labute approximate surface area is 98.8 Å². The van der Waals surface area contributed by atoms with Crippen molar-refractivity contribution < 1.29 is 9.18 Å². The van der Waals surface area contributed by atoms with Crippen molar-refractivity contribution in [3.8, 4) is 0 Å². The summed E-state index contributed by atoms with van der Waals surface area (Å²) in [5.41, 5.74) is 6.28. The maximum absolute atomic E-state index is 12.8. The summed E-state index contributed by atoms with van der Waals surface area (Å²) in [6.07, 6.45) is 0.579. The highest BCUT2D eigenvalue weighted by atomic mass is 35.5. The number of carbonyl (C=O) groups is 1. The van der Waals surface area contributed by atoms with Crippen molar-refractivity contribution >= 4 is 17.5 Å². The van der Waals surface area contributed by atoms with Crippen molar-refractivity contribution in [2.24, 2.45) is 5.73 Å². The van der Waals surface area contributed by atoms with Gasteiger partial charge < -0.3 is 11.1 Å². The van der Waals surface area contributed by atoms with E-state index in [0.717, 1.165) is 5.56 Å². The highest BCUT2D eigenvalue weighted by molar-refractivity contribution is 6.30. The Bertz CT molecular complexity index is 384. The Morgan fingerprint density at radius 3 is 2.88 bits per heavy atom. The van der Waals surface area contributed by atoms with Crippen LogP contribution in [0, 0.1) is 5.82 Å². The van der Waals surface area contributed by atoms with E-state index < -0.39 is 11.9 Å². The van der Waals surface area contributed by atoms with Crippen molar-refractivity contribution in [1.29, 1.82) is 0 Å². The van der Waals surface area contributed by atoms with Crippen LogP contribution in [0.1, 0.15) is 18.9 Å². The van der Waals surface area contributed by atoms with E-state index in [4.69, 9.17) is 17.3 Å². The topological polar surface area (TPSA) is 55.1 Å². The second-order valence-corrected chi connectivity index (χ2v) is 3.89. The molecule has 0 saturated heterocycles. The smallest absolute Gasteiger partial charge is 0.237 e. The Hall–Kier alpha value is -1.13. The van der Waals surface area contributed by atoms with Gasteiger partial charge in [-0.2, -0.15) is 0 Å². The van der Waals surface area contributed by atoms with Gasteiger partial charge in [0.25, 0.3) is 0 Å². The van der Waals surface area contributed by atoms with Gasteiger partial charge in [0.1, 0.15) is 5.82 Å². The Morgan fingerprint density at radius 2 is 2.31 bits per heavy atom. The summed E-state index contributed by atoms with van der Waals surface area (Å²) < 4.78 is 12.8. The second-order valence-electron chi connectivity index (χ2n) is 3.48. The molecule has 16 heavy (non-hydrogen) atoms. The zero-order valence-electron chi connectivity index (χ0n) is 8.97. The molecule has 0 spiro atoms. The molecule has 0 radical (unpaired) electrons. The standard InChI is InChI=1S/C11H14ClFN2O/c1-2-10(14)11(16)15-6-7-3-4-9(13)8(12)5-7/h3-5,10H,2,6,14H2,1H3,(H,15,16)/t10-/m1/s1. The van der Waals surface area contributed by atoms with Gasteiger partial charge in [-0.1, -0.05) is 24.6 Å². The summed E-state index contributed by atoms with van der Waals surface area (Å²) in [4.78, 5) is 11.4. The summed E-state index contributed by atoms with van der Waals surface area (Å²) in [7, 11) is 0. The third-order valence-corrected chi connectivity index (χ3v) is 2.52. The maximum Gasteiger partial charge on any atom is 0.237 e. The van der Waals surface area contributed by atoms with Crippen LogP contribution in [0.5, 0.6) is 0 Å². The van der Waals surface area contributed by atoms with Crippen LogP contribution < -0.4 is 11.1 Å². The molecule has 0 unspecified atom stereocenters. The van der Waals surface area contributed by atoms with Gasteiger partial charge in [0.2, 0.25) is 5.91 Å². The van der Waals surface area contributed by atoms with E-state index in [9.17, 15) is 9.18 Å². The van der Waals surface area contributed by atoms with Gasteiger partial charge in [0, 0.05) is 6.54 Å². The Balaban J connectivity index is 2.55. The first-order valence-electron chi connectivity index (χ1n) is 5.01. The first-order chi connectivity index (χ1) is 7.54. The zero-order chi connectivity index (χ0) is 12.1. The minimum absolute atomic E-state index is 0.0477. The lowest BCUT2D eigenvalue weighted by molar-refractivity contribution is -0.122. The predicted molar refractivity (Wildman–Crippen MR) is 61.5 cm³/mol. The summed E-state index contributed by atoms with van der Waals surface area (Å²) >= 11 is 5.61. The summed E-state index contributed by atoms with van der Waals surface area (Å²) in [6, 6.07) is 3.81. The third kappa shape index (κ3) is 3.47. The van der Waals surface area contributed by atoms with E-state index in [1.165, 1.54) is 12.1 Å². The van der Waals surface area contributed by atoms with E-state index in [1.54, 1.807) is 6.07 Å². The summed E-state index contributed by atoms with van der Waals surface area (Å²) in [5, 5.41) is 2.70. The summed E-state index contributed by atoms with van der Waals surface area (Å²) in [5.74, 6) is -0.690. The highest BCUT2D eigenvalue weighted by Gasteiger charge is 2.10. The monoisotopic (exact) mass is 244 g/mol. The molecule has 0 fully saturated rings. The quantitative estimate of drug-likeness (QED) is 0.849. The Morgan fingerprint density at radius 1 is 1.62 bits per heavy atom. The molecule has 0 bridgehead atoms. The van der Waals surface area contributed by atoms with E-state index in [2.05, 4.69) is 5.32 Å². The molecular formula is C11H14ClFN2O. The molecule has 5 heteroatoms. The summed E-state index contributed by atoms with van der Waals surface area (Å²) in [6.45, 7) is 2.13. The normalized spacial score (nSPS) is 12.2. The predicted octanol–water partition coefficient (Wildman–Crippen LogP) is 1.83. The average molecular weight is 245 g/mol.